The molecule has 1 aliphatic heterocycles. The number of hydrogen-bond acceptors (Lipinski definition) is 3. The third-order valence-electron chi connectivity index (χ3n) is 1.86. The highest BCUT2D eigenvalue weighted by Crippen LogP contribution is 2.33. The Morgan fingerprint density at radius 3 is 2.79 bits per heavy atom. The summed E-state index contributed by atoms with van der Waals surface area (Å²) in [5.74, 6) is 2.75. The van der Waals surface area contributed by atoms with Crippen molar-refractivity contribution in [2.45, 2.75) is 0 Å². The maximum absolute atomic E-state index is 5.51. The molecule has 0 fully saturated rings. The van der Waals surface area contributed by atoms with E-state index in [1.807, 2.05) is 18.2 Å². The van der Waals surface area contributed by atoms with E-state index in [1.54, 1.807) is 0 Å². The zero-order valence-electron chi connectivity index (χ0n) is 7.66. The van der Waals surface area contributed by atoms with Crippen LogP contribution < -0.4 is 14.2 Å². The third-order valence-corrected chi connectivity index (χ3v) is 2.01. The third kappa shape index (κ3) is 2.04. The molecule has 1 aromatic rings. The van der Waals surface area contributed by atoms with E-state index >= 15 is 0 Å². The van der Waals surface area contributed by atoms with Crippen molar-refractivity contribution in [2.24, 2.45) is 0 Å². The molecule has 0 radical (unpaired) electrons. The van der Waals surface area contributed by atoms with Crippen molar-refractivity contribution < 1.29 is 14.2 Å². The summed E-state index contributed by atoms with van der Waals surface area (Å²) in [6, 6.07) is 5.51. The summed E-state index contributed by atoms with van der Waals surface area (Å²) in [7, 11) is 0. The van der Waals surface area contributed by atoms with E-state index in [0.717, 1.165) is 17.2 Å². The quantitative estimate of drug-likeness (QED) is 0.721. The SMILES string of the molecule is ClCCOc1ccc2c(c1)OCCO2. The van der Waals surface area contributed by atoms with E-state index in [4.69, 9.17) is 25.8 Å². The van der Waals surface area contributed by atoms with Gasteiger partial charge in [0.1, 0.15) is 25.6 Å². The van der Waals surface area contributed by atoms with Gasteiger partial charge < -0.3 is 14.2 Å². The topological polar surface area (TPSA) is 27.7 Å². The zero-order valence-corrected chi connectivity index (χ0v) is 8.42. The Morgan fingerprint density at radius 1 is 1.21 bits per heavy atom. The average Bonchev–Trinajstić information content (AvgIpc) is 2.26. The summed E-state index contributed by atoms with van der Waals surface area (Å²) in [6.07, 6.45) is 0. The fourth-order valence-corrected chi connectivity index (χ4v) is 1.35. The van der Waals surface area contributed by atoms with Gasteiger partial charge in [-0.1, -0.05) is 0 Å². The lowest BCUT2D eigenvalue weighted by Crippen LogP contribution is -2.15. The van der Waals surface area contributed by atoms with Gasteiger partial charge in [0.15, 0.2) is 11.5 Å². The van der Waals surface area contributed by atoms with Gasteiger partial charge >= 0.3 is 0 Å². The molecule has 1 aromatic carbocycles. The fourth-order valence-electron chi connectivity index (χ4n) is 1.27. The Balaban J connectivity index is 2.12. The minimum atomic E-state index is 0.481. The van der Waals surface area contributed by atoms with Crippen molar-refractivity contribution in [3.8, 4) is 17.2 Å². The second-order valence-corrected chi connectivity index (χ2v) is 3.22. The maximum atomic E-state index is 5.51. The van der Waals surface area contributed by atoms with Gasteiger partial charge in [0.25, 0.3) is 0 Å². The van der Waals surface area contributed by atoms with Crippen LogP contribution in [0.4, 0.5) is 0 Å². The molecule has 1 heterocycles. The Morgan fingerprint density at radius 2 is 2.00 bits per heavy atom. The second-order valence-electron chi connectivity index (χ2n) is 2.84. The van der Waals surface area contributed by atoms with E-state index in [9.17, 15) is 0 Å². The molecule has 0 saturated heterocycles. The Bertz CT molecular complexity index is 314. The second kappa shape index (κ2) is 4.42. The lowest BCUT2D eigenvalue weighted by atomic mass is 10.3. The lowest BCUT2D eigenvalue weighted by Gasteiger charge is -2.18. The van der Waals surface area contributed by atoms with Crippen LogP contribution in [-0.4, -0.2) is 25.7 Å². The Hall–Kier alpha value is -1.09. The lowest BCUT2D eigenvalue weighted by molar-refractivity contribution is 0.170. The highest BCUT2D eigenvalue weighted by atomic mass is 35.5. The predicted molar refractivity (Wildman–Crippen MR) is 53.6 cm³/mol. The molecular weight excluding hydrogens is 204 g/mol. The van der Waals surface area contributed by atoms with Crippen molar-refractivity contribution in [1.82, 2.24) is 0 Å². The van der Waals surface area contributed by atoms with Crippen molar-refractivity contribution >= 4 is 11.6 Å². The first-order chi connectivity index (χ1) is 6.90. The van der Waals surface area contributed by atoms with Gasteiger partial charge in [-0.15, -0.1) is 11.6 Å². The number of halogens is 1. The van der Waals surface area contributed by atoms with Crippen molar-refractivity contribution in [1.29, 1.82) is 0 Å². The molecule has 0 spiro atoms. The molecule has 1 aliphatic rings. The van der Waals surface area contributed by atoms with Crippen LogP contribution in [0.15, 0.2) is 18.2 Å². The summed E-state index contributed by atoms with van der Waals surface area (Å²) in [4.78, 5) is 0. The van der Waals surface area contributed by atoms with Crippen LogP contribution >= 0.6 is 11.6 Å². The molecule has 0 amide bonds. The molecule has 4 heteroatoms. The molecule has 3 nitrogen and oxygen atoms in total. The van der Waals surface area contributed by atoms with E-state index in [1.165, 1.54) is 0 Å². The number of hydrogen-bond donors (Lipinski definition) is 0. The number of alkyl halides is 1. The summed E-state index contributed by atoms with van der Waals surface area (Å²) < 4.78 is 16.1. The van der Waals surface area contributed by atoms with Crippen LogP contribution in [0, 0.1) is 0 Å². The summed E-state index contributed by atoms with van der Waals surface area (Å²) in [5, 5.41) is 0. The zero-order chi connectivity index (χ0) is 9.80. The minimum absolute atomic E-state index is 0.481. The molecule has 0 N–H and O–H groups in total. The average molecular weight is 215 g/mol. The smallest absolute Gasteiger partial charge is 0.165 e. The molecular formula is C10H11ClO3. The highest BCUT2D eigenvalue weighted by molar-refractivity contribution is 6.18. The first-order valence-electron chi connectivity index (χ1n) is 4.48. The van der Waals surface area contributed by atoms with E-state index < -0.39 is 0 Å². The largest absolute Gasteiger partial charge is 0.492 e. The van der Waals surface area contributed by atoms with Crippen molar-refractivity contribution in [2.75, 3.05) is 25.7 Å². The van der Waals surface area contributed by atoms with Crippen LogP contribution in [0.5, 0.6) is 17.2 Å². The fraction of sp³-hybridized carbons (Fsp3) is 0.400. The number of ether oxygens (including phenoxy) is 3. The Kier molecular flexibility index (Phi) is 2.99. The molecule has 0 aliphatic carbocycles. The van der Waals surface area contributed by atoms with Crippen LogP contribution in [0.1, 0.15) is 0 Å². The van der Waals surface area contributed by atoms with E-state index in [0.29, 0.717) is 25.7 Å². The summed E-state index contributed by atoms with van der Waals surface area (Å²) in [5.41, 5.74) is 0. The minimum Gasteiger partial charge on any atom is -0.492 e. The van der Waals surface area contributed by atoms with Crippen LogP contribution in [0.25, 0.3) is 0 Å². The van der Waals surface area contributed by atoms with Crippen LogP contribution in [0.2, 0.25) is 0 Å². The monoisotopic (exact) mass is 214 g/mol. The molecule has 2 rings (SSSR count). The van der Waals surface area contributed by atoms with Crippen LogP contribution in [-0.2, 0) is 0 Å². The standard InChI is InChI=1S/C10H11ClO3/c11-3-4-12-8-1-2-9-10(7-8)14-6-5-13-9/h1-2,7H,3-6H2. The van der Waals surface area contributed by atoms with Gasteiger partial charge in [0, 0.05) is 6.07 Å². The number of benzene rings is 1. The van der Waals surface area contributed by atoms with Gasteiger partial charge in [-0.25, -0.2) is 0 Å². The van der Waals surface area contributed by atoms with Gasteiger partial charge in [0.05, 0.1) is 5.88 Å². The molecule has 0 bridgehead atoms. The Labute approximate surface area is 87.5 Å². The molecule has 0 atom stereocenters. The van der Waals surface area contributed by atoms with Crippen molar-refractivity contribution in [3.63, 3.8) is 0 Å². The molecule has 0 saturated carbocycles. The predicted octanol–water partition coefficient (Wildman–Crippen LogP) is 2.08. The molecule has 14 heavy (non-hydrogen) atoms. The van der Waals surface area contributed by atoms with Gasteiger partial charge in [-0.3, -0.25) is 0 Å². The molecule has 0 aromatic heterocycles. The number of fused-ring (bicyclic) bond motifs is 1. The normalized spacial score (nSPS) is 13.8. The molecule has 0 unspecified atom stereocenters. The van der Waals surface area contributed by atoms with E-state index in [2.05, 4.69) is 0 Å². The first-order valence-corrected chi connectivity index (χ1v) is 5.02. The van der Waals surface area contributed by atoms with Gasteiger partial charge in [-0.05, 0) is 12.1 Å². The van der Waals surface area contributed by atoms with Gasteiger partial charge in [0.2, 0.25) is 0 Å². The van der Waals surface area contributed by atoms with Gasteiger partial charge in [-0.2, -0.15) is 0 Å². The van der Waals surface area contributed by atoms with Crippen molar-refractivity contribution in [3.05, 3.63) is 18.2 Å². The molecule has 76 valence electrons. The van der Waals surface area contributed by atoms with E-state index in [-0.39, 0.29) is 0 Å². The number of rotatable bonds is 3. The van der Waals surface area contributed by atoms with Crippen LogP contribution in [0.3, 0.4) is 0 Å². The highest BCUT2D eigenvalue weighted by Gasteiger charge is 2.11. The first kappa shape index (κ1) is 9.46. The maximum Gasteiger partial charge on any atom is 0.165 e. The summed E-state index contributed by atoms with van der Waals surface area (Å²) in [6.45, 7) is 1.70. The summed E-state index contributed by atoms with van der Waals surface area (Å²) >= 11 is 5.51.